The first-order chi connectivity index (χ1) is 23.4. The van der Waals surface area contributed by atoms with E-state index in [1.807, 2.05) is 53.2 Å². The van der Waals surface area contributed by atoms with Crippen LogP contribution in [-0.4, -0.2) is 75.2 Å². The minimum Gasteiger partial charge on any atom is -0.397 e. The van der Waals surface area contributed by atoms with Gasteiger partial charge in [0.05, 0.1) is 23.2 Å². The van der Waals surface area contributed by atoms with Crippen LogP contribution in [0.15, 0.2) is 54.7 Å². The number of benzene rings is 2. The smallest absolute Gasteiger partial charge is 0.256 e. The van der Waals surface area contributed by atoms with E-state index < -0.39 is 0 Å². The highest BCUT2D eigenvalue weighted by Crippen LogP contribution is 2.36. The highest BCUT2D eigenvalue weighted by molar-refractivity contribution is 5.91. The second-order valence-corrected chi connectivity index (χ2v) is 13.2. The molecule has 2 unspecified atom stereocenters. The maximum Gasteiger partial charge on any atom is 0.256 e. The Hall–Kier alpha value is -4.61. The van der Waals surface area contributed by atoms with Gasteiger partial charge in [-0.15, -0.1) is 0 Å². The van der Waals surface area contributed by atoms with Gasteiger partial charge in [0.25, 0.3) is 5.91 Å². The minimum atomic E-state index is -0.187. The fourth-order valence-electron chi connectivity index (χ4n) is 7.77. The summed E-state index contributed by atoms with van der Waals surface area (Å²) in [6.45, 7) is 11.5. The predicted octanol–water partition coefficient (Wildman–Crippen LogP) is 4.77. The van der Waals surface area contributed by atoms with Gasteiger partial charge in [0, 0.05) is 68.1 Å². The van der Waals surface area contributed by atoms with Crippen molar-refractivity contribution in [1.29, 1.82) is 0 Å². The number of hydrogen-bond donors (Lipinski definition) is 4. The second kappa shape index (κ2) is 13.5. The number of carbonyl (C=O) groups is 2. The average molecular weight is 650 g/mol. The molecule has 0 saturated carbocycles. The van der Waals surface area contributed by atoms with Gasteiger partial charge in [0.2, 0.25) is 5.91 Å². The van der Waals surface area contributed by atoms with Gasteiger partial charge in [-0.3, -0.25) is 24.0 Å². The van der Waals surface area contributed by atoms with Crippen molar-refractivity contribution in [2.75, 3.05) is 61.4 Å². The summed E-state index contributed by atoms with van der Waals surface area (Å²) in [5.74, 6) is 0.374. The van der Waals surface area contributed by atoms with E-state index in [-0.39, 0.29) is 23.7 Å². The molecular formula is C37H47N9O2. The molecule has 48 heavy (non-hydrogen) atoms. The molecule has 11 nitrogen and oxygen atoms in total. The quantitative estimate of drug-likeness (QED) is 0.246. The maximum atomic E-state index is 13.3. The van der Waals surface area contributed by atoms with Crippen LogP contribution in [0.2, 0.25) is 0 Å². The average Bonchev–Trinajstić information content (AvgIpc) is 3.65. The maximum absolute atomic E-state index is 13.3. The molecule has 2 atom stereocenters. The Morgan fingerprint density at radius 2 is 1.35 bits per heavy atom. The lowest BCUT2D eigenvalue weighted by molar-refractivity contribution is 0.0853. The van der Waals surface area contributed by atoms with Crippen LogP contribution < -0.4 is 22.1 Å². The van der Waals surface area contributed by atoms with Crippen molar-refractivity contribution in [1.82, 2.24) is 24.1 Å². The van der Waals surface area contributed by atoms with E-state index in [0.717, 1.165) is 129 Å². The van der Waals surface area contributed by atoms with E-state index in [4.69, 9.17) is 11.5 Å². The number of rotatable bonds is 4. The molecule has 2 aromatic carbocycles. The van der Waals surface area contributed by atoms with Gasteiger partial charge < -0.3 is 22.1 Å². The van der Waals surface area contributed by atoms with Crippen molar-refractivity contribution < 1.29 is 9.59 Å². The van der Waals surface area contributed by atoms with E-state index in [2.05, 4.69) is 45.4 Å². The molecule has 252 valence electrons. The monoisotopic (exact) mass is 649 g/mol. The zero-order chi connectivity index (χ0) is 33.4. The molecule has 6 heterocycles. The van der Waals surface area contributed by atoms with Crippen LogP contribution in [0.3, 0.4) is 0 Å². The van der Waals surface area contributed by atoms with Crippen molar-refractivity contribution in [3.63, 3.8) is 0 Å². The van der Waals surface area contributed by atoms with Crippen molar-refractivity contribution in [3.05, 3.63) is 88.4 Å². The van der Waals surface area contributed by atoms with Crippen molar-refractivity contribution in [2.45, 2.75) is 64.5 Å². The highest BCUT2D eigenvalue weighted by atomic mass is 16.2. The summed E-state index contributed by atoms with van der Waals surface area (Å²) in [7, 11) is 0. The lowest BCUT2D eigenvalue weighted by Crippen LogP contribution is -2.34. The van der Waals surface area contributed by atoms with Crippen molar-refractivity contribution in [3.8, 4) is 0 Å². The summed E-state index contributed by atoms with van der Waals surface area (Å²) >= 11 is 0. The Labute approximate surface area is 282 Å². The van der Waals surface area contributed by atoms with Gasteiger partial charge in [0.1, 0.15) is 5.82 Å². The number of anilines is 4. The Bertz CT molecular complexity index is 1820. The number of nitrogen functional groups attached to an aromatic ring is 2. The minimum absolute atomic E-state index is 0.0149. The molecule has 4 aromatic rings. The molecule has 0 fully saturated rings. The van der Waals surface area contributed by atoms with Gasteiger partial charge >= 0.3 is 0 Å². The normalized spacial score (nSPS) is 20.1. The molecule has 0 bridgehead atoms. The summed E-state index contributed by atoms with van der Waals surface area (Å²) < 4.78 is 3.29. The molecule has 2 aromatic heterocycles. The van der Waals surface area contributed by atoms with Crippen molar-refractivity contribution >= 4 is 34.7 Å². The van der Waals surface area contributed by atoms with E-state index in [0.29, 0.717) is 5.82 Å². The van der Waals surface area contributed by atoms with E-state index in [9.17, 15) is 9.59 Å². The van der Waals surface area contributed by atoms with Crippen LogP contribution in [0.1, 0.15) is 81.8 Å². The number of carbonyl (C=O) groups excluding carboxylic acids is 2. The summed E-state index contributed by atoms with van der Waals surface area (Å²) in [4.78, 5) is 31.1. The largest absolute Gasteiger partial charge is 0.397 e. The Morgan fingerprint density at radius 3 is 1.98 bits per heavy atom. The molecule has 4 aliphatic heterocycles. The molecule has 6 N–H and O–H groups in total. The van der Waals surface area contributed by atoms with Gasteiger partial charge in [-0.2, -0.15) is 9.78 Å². The number of nitrogens with zero attached hydrogens (tertiary/aromatic N) is 5. The SMILES string of the molecule is CCN1CCc2c(N)cn(C(=O)C3CCNc4ccccc43)c2C1.CCN1CCc2c(nn(C(=O)C3CCNc4ccccc43)c2N)C1. The zero-order valence-corrected chi connectivity index (χ0v) is 28.0. The van der Waals surface area contributed by atoms with Gasteiger partial charge in [-0.25, -0.2) is 0 Å². The van der Waals surface area contributed by atoms with Crippen LogP contribution in [-0.2, 0) is 25.9 Å². The predicted molar refractivity (Wildman–Crippen MR) is 191 cm³/mol. The molecule has 0 aliphatic carbocycles. The third kappa shape index (κ3) is 5.85. The third-order valence-corrected chi connectivity index (χ3v) is 10.6. The lowest BCUT2D eigenvalue weighted by atomic mass is 9.90. The number of aromatic nitrogens is 3. The third-order valence-electron chi connectivity index (χ3n) is 10.6. The van der Waals surface area contributed by atoms with Crippen LogP contribution >= 0.6 is 0 Å². The first-order valence-corrected chi connectivity index (χ1v) is 17.4. The Balaban J connectivity index is 0.000000152. The number of nitrogens with two attached hydrogens (primary N) is 2. The summed E-state index contributed by atoms with van der Waals surface area (Å²) in [6.07, 6.45) is 5.22. The number of para-hydroxylation sites is 2. The van der Waals surface area contributed by atoms with Crippen LogP contribution in [0.25, 0.3) is 0 Å². The number of hydrogen-bond acceptors (Lipinski definition) is 9. The molecule has 4 aliphatic rings. The molecule has 0 saturated heterocycles. The Kier molecular flexibility index (Phi) is 8.98. The molecule has 0 amide bonds. The number of fused-ring (bicyclic) bond motifs is 4. The van der Waals surface area contributed by atoms with Gasteiger partial charge in [-0.1, -0.05) is 50.2 Å². The van der Waals surface area contributed by atoms with Crippen LogP contribution in [0.5, 0.6) is 0 Å². The van der Waals surface area contributed by atoms with Crippen LogP contribution in [0.4, 0.5) is 22.9 Å². The molecule has 0 spiro atoms. The highest BCUT2D eigenvalue weighted by Gasteiger charge is 2.33. The molecule has 8 rings (SSSR count). The number of likely N-dealkylation sites (N-methyl/N-ethyl adjacent to an activating group) is 2. The first kappa shape index (κ1) is 32.0. The lowest BCUT2D eigenvalue weighted by Gasteiger charge is -2.29. The van der Waals surface area contributed by atoms with Gasteiger partial charge in [0.15, 0.2) is 0 Å². The number of nitrogens with one attached hydrogen (secondary N) is 2. The summed E-state index contributed by atoms with van der Waals surface area (Å²) in [5.41, 5.74) is 21.8. The molecule has 11 heteroatoms. The Morgan fingerprint density at radius 1 is 0.792 bits per heavy atom. The second-order valence-electron chi connectivity index (χ2n) is 13.2. The van der Waals surface area contributed by atoms with E-state index >= 15 is 0 Å². The zero-order valence-electron chi connectivity index (χ0n) is 28.0. The summed E-state index contributed by atoms with van der Waals surface area (Å²) in [5, 5.41) is 11.3. The van der Waals surface area contributed by atoms with Crippen LogP contribution in [0, 0.1) is 0 Å². The fraction of sp³-hybridized carbons (Fsp3) is 0.432. The standard InChI is InChI=1S/C19H24N4O.C18H23N5O/c1-2-22-10-8-15-16(20)11-23(18(15)12-22)19(24)14-7-9-21-17-6-4-3-5-13(14)17;1-2-22-10-8-14-16(11-22)21-23(17(14)19)18(24)13-7-9-20-15-6-4-3-5-12(13)15/h3-6,11,14,21H,2,7-10,12,20H2,1H3;3-6,13,20H,2,7-11,19H2,1H3. The molecular weight excluding hydrogens is 602 g/mol. The van der Waals surface area contributed by atoms with Crippen molar-refractivity contribution in [2.24, 2.45) is 0 Å². The van der Waals surface area contributed by atoms with Gasteiger partial charge in [-0.05, 0) is 67.6 Å². The summed E-state index contributed by atoms with van der Waals surface area (Å²) in [6, 6.07) is 16.1. The van der Waals surface area contributed by atoms with E-state index in [1.165, 1.54) is 4.68 Å². The van der Waals surface area contributed by atoms with E-state index in [1.54, 1.807) is 0 Å². The first-order valence-electron chi connectivity index (χ1n) is 17.4. The fourth-order valence-corrected chi connectivity index (χ4v) is 7.77. The topological polar surface area (TPSA) is 139 Å². The molecule has 0 radical (unpaired) electrons.